The third-order valence-electron chi connectivity index (χ3n) is 6.30. The summed E-state index contributed by atoms with van der Waals surface area (Å²) in [4.78, 5) is 28.6. The van der Waals surface area contributed by atoms with Gasteiger partial charge in [0.1, 0.15) is 12.6 Å². The first-order chi connectivity index (χ1) is 19.0. The molecule has 3 aromatic rings. The molecule has 0 aliphatic heterocycles. The molecule has 0 radical (unpaired) electrons. The van der Waals surface area contributed by atoms with Crippen LogP contribution < -0.4 is 9.62 Å². The molecule has 0 fully saturated rings. The quantitative estimate of drug-likeness (QED) is 0.250. The van der Waals surface area contributed by atoms with Crippen LogP contribution in [0.1, 0.15) is 37.8 Å². The number of carbonyl (C=O) groups is 2. The predicted octanol–water partition coefficient (Wildman–Crippen LogP) is 6.48. The number of hydrogen-bond acceptors (Lipinski definition) is 4. The van der Waals surface area contributed by atoms with Crippen LogP contribution in [0.25, 0.3) is 0 Å². The van der Waals surface area contributed by atoms with Crippen LogP contribution in [0.5, 0.6) is 0 Å². The molecule has 214 valence electrons. The van der Waals surface area contributed by atoms with Crippen molar-refractivity contribution in [1.29, 1.82) is 0 Å². The van der Waals surface area contributed by atoms with Crippen molar-refractivity contribution in [3.8, 4) is 0 Å². The topological polar surface area (TPSA) is 86.8 Å². The van der Waals surface area contributed by atoms with E-state index in [-0.39, 0.29) is 23.8 Å². The number of benzene rings is 3. The summed E-state index contributed by atoms with van der Waals surface area (Å²) in [5, 5.41) is 3.89. The zero-order valence-corrected chi connectivity index (χ0v) is 25.6. The van der Waals surface area contributed by atoms with E-state index >= 15 is 0 Å². The Morgan fingerprint density at radius 1 is 0.925 bits per heavy atom. The lowest BCUT2D eigenvalue weighted by molar-refractivity contribution is -0.140. The molecule has 0 bridgehead atoms. The second-order valence-electron chi connectivity index (χ2n) is 9.24. The van der Waals surface area contributed by atoms with Gasteiger partial charge in [-0.05, 0) is 73.9 Å². The van der Waals surface area contributed by atoms with Gasteiger partial charge in [0.05, 0.1) is 10.6 Å². The Bertz CT molecular complexity index is 1430. The maximum atomic E-state index is 14.1. The molecular weight excluding hydrogens is 593 g/mol. The lowest BCUT2D eigenvalue weighted by Crippen LogP contribution is -2.52. The molecule has 0 unspecified atom stereocenters. The van der Waals surface area contributed by atoms with E-state index in [0.717, 1.165) is 9.87 Å². The van der Waals surface area contributed by atoms with Crippen LogP contribution >= 0.6 is 34.8 Å². The molecule has 11 heteroatoms. The number of carbonyl (C=O) groups excluding carboxylic acids is 2. The molecule has 0 aliphatic rings. The minimum absolute atomic E-state index is 0.0281. The van der Waals surface area contributed by atoms with Gasteiger partial charge in [0.25, 0.3) is 10.0 Å². The minimum atomic E-state index is -4.20. The number of sulfonamides is 1. The van der Waals surface area contributed by atoms with Gasteiger partial charge < -0.3 is 10.2 Å². The molecule has 40 heavy (non-hydrogen) atoms. The fraction of sp³-hybridized carbons (Fsp3) is 0.310. The van der Waals surface area contributed by atoms with Gasteiger partial charge in [-0.15, -0.1) is 0 Å². The number of nitrogens with zero attached hydrogens (tertiary/aromatic N) is 2. The summed E-state index contributed by atoms with van der Waals surface area (Å²) >= 11 is 18.9. The molecule has 3 aromatic carbocycles. The van der Waals surface area contributed by atoms with Crippen molar-refractivity contribution in [3.05, 3.63) is 92.9 Å². The Hall–Kier alpha value is -2.78. The molecule has 1 atom stereocenters. The highest BCUT2D eigenvalue weighted by Crippen LogP contribution is 2.29. The average Bonchev–Trinajstić information content (AvgIpc) is 2.92. The fourth-order valence-corrected chi connectivity index (χ4v) is 6.23. The van der Waals surface area contributed by atoms with Crippen molar-refractivity contribution in [2.45, 2.75) is 51.1 Å². The Balaban J connectivity index is 2.09. The summed E-state index contributed by atoms with van der Waals surface area (Å²) < 4.78 is 28.8. The van der Waals surface area contributed by atoms with E-state index in [9.17, 15) is 18.0 Å². The highest BCUT2D eigenvalue weighted by molar-refractivity contribution is 7.92. The summed E-state index contributed by atoms with van der Waals surface area (Å²) in [5.74, 6) is -0.933. The van der Waals surface area contributed by atoms with E-state index < -0.39 is 28.5 Å². The van der Waals surface area contributed by atoms with E-state index in [1.165, 1.54) is 29.2 Å². The lowest BCUT2D eigenvalue weighted by atomic mass is 10.1. The molecule has 0 spiro atoms. The van der Waals surface area contributed by atoms with Gasteiger partial charge in [-0.3, -0.25) is 13.9 Å². The molecule has 1 N–H and O–H groups in total. The third kappa shape index (κ3) is 7.69. The maximum absolute atomic E-state index is 14.1. The number of hydrogen-bond donors (Lipinski definition) is 1. The first-order valence-electron chi connectivity index (χ1n) is 12.8. The summed E-state index contributed by atoms with van der Waals surface area (Å²) in [6.07, 6.45) is 1.00. The Labute approximate surface area is 251 Å². The zero-order chi connectivity index (χ0) is 29.4. The lowest BCUT2D eigenvalue weighted by Gasteiger charge is -2.33. The Morgan fingerprint density at radius 2 is 1.55 bits per heavy atom. The van der Waals surface area contributed by atoms with Crippen molar-refractivity contribution < 1.29 is 18.0 Å². The van der Waals surface area contributed by atoms with Gasteiger partial charge in [0, 0.05) is 33.7 Å². The van der Waals surface area contributed by atoms with E-state index in [1.54, 1.807) is 43.3 Å². The van der Waals surface area contributed by atoms with Crippen LogP contribution in [0.15, 0.2) is 71.6 Å². The number of rotatable bonds is 12. The number of halogens is 3. The van der Waals surface area contributed by atoms with Crippen molar-refractivity contribution >= 4 is 62.3 Å². The second kappa shape index (κ2) is 14.2. The summed E-state index contributed by atoms with van der Waals surface area (Å²) in [5.41, 5.74) is 1.58. The highest BCUT2D eigenvalue weighted by atomic mass is 35.5. The van der Waals surface area contributed by atoms with Crippen molar-refractivity contribution in [1.82, 2.24) is 10.2 Å². The molecular formula is C29H32Cl3N3O4S. The van der Waals surface area contributed by atoms with Crippen molar-refractivity contribution in [3.63, 3.8) is 0 Å². The molecule has 0 heterocycles. The van der Waals surface area contributed by atoms with Gasteiger partial charge in [-0.2, -0.15) is 0 Å². The Morgan fingerprint density at radius 3 is 2.12 bits per heavy atom. The predicted molar refractivity (Wildman–Crippen MR) is 162 cm³/mol. The number of aryl methyl sites for hydroxylation is 1. The standard InChI is InChI=1S/C29H32Cl3N3O4S/c1-4-16-33-29(37)27(5-2)34(18-24-25(31)10-7-11-26(24)32)28(36)19-35(22-9-6-8-20(3)17-22)40(38,39)23-14-12-21(30)13-15-23/h6-15,17,27H,4-5,16,18-19H2,1-3H3,(H,33,37)/t27-/m1/s1. The number of amides is 2. The van der Waals surface area contributed by atoms with Crippen LogP contribution in [0.4, 0.5) is 5.69 Å². The first-order valence-corrected chi connectivity index (χ1v) is 15.4. The normalized spacial score (nSPS) is 12.1. The third-order valence-corrected chi connectivity index (χ3v) is 9.04. The van der Waals surface area contributed by atoms with Crippen LogP contribution in [0, 0.1) is 6.92 Å². The van der Waals surface area contributed by atoms with Crippen molar-refractivity contribution in [2.24, 2.45) is 0 Å². The van der Waals surface area contributed by atoms with E-state index in [4.69, 9.17) is 34.8 Å². The SMILES string of the molecule is CCCNC(=O)[C@@H](CC)N(Cc1c(Cl)cccc1Cl)C(=O)CN(c1cccc(C)c1)S(=O)(=O)c1ccc(Cl)cc1. The van der Waals surface area contributed by atoms with Gasteiger partial charge in [0.2, 0.25) is 11.8 Å². The number of nitrogens with one attached hydrogen (secondary N) is 1. The van der Waals surface area contributed by atoms with Crippen LogP contribution in [-0.2, 0) is 26.2 Å². The van der Waals surface area contributed by atoms with Gasteiger partial charge >= 0.3 is 0 Å². The minimum Gasteiger partial charge on any atom is -0.354 e. The molecule has 2 amide bonds. The van der Waals surface area contributed by atoms with Gasteiger partial charge in [0.15, 0.2) is 0 Å². The molecule has 0 aromatic heterocycles. The summed E-state index contributed by atoms with van der Waals surface area (Å²) in [6.45, 7) is 5.33. The van der Waals surface area contributed by atoms with Crippen LogP contribution in [0.3, 0.4) is 0 Å². The summed E-state index contributed by atoms with van der Waals surface area (Å²) in [7, 11) is -4.20. The van der Waals surface area contributed by atoms with Gasteiger partial charge in [-0.25, -0.2) is 8.42 Å². The molecule has 7 nitrogen and oxygen atoms in total. The maximum Gasteiger partial charge on any atom is 0.264 e. The van der Waals surface area contributed by atoms with Gasteiger partial charge in [-0.1, -0.05) is 66.8 Å². The monoisotopic (exact) mass is 623 g/mol. The van der Waals surface area contributed by atoms with Crippen LogP contribution in [0.2, 0.25) is 15.1 Å². The Kier molecular flexibility index (Phi) is 11.3. The average molecular weight is 625 g/mol. The second-order valence-corrected chi connectivity index (χ2v) is 12.4. The molecule has 0 saturated heterocycles. The molecule has 0 saturated carbocycles. The van der Waals surface area contributed by atoms with E-state index in [0.29, 0.717) is 39.3 Å². The zero-order valence-electron chi connectivity index (χ0n) is 22.5. The number of anilines is 1. The molecule has 3 rings (SSSR count). The molecule has 0 aliphatic carbocycles. The smallest absolute Gasteiger partial charge is 0.264 e. The van der Waals surface area contributed by atoms with E-state index in [1.807, 2.05) is 19.9 Å². The fourth-order valence-electron chi connectivity index (χ4n) is 4.18. The van der Waals surface area contributed by atoms with Crippen LogP contribution in [-0.4, -0.2) is 44.3 Å². The van der Waals surface area contributed by atoms with Crippen molar-refractivity contribution in [2.75, 3.05) is 17.4 Å². The largest absolute Gasteiger partial charge is 0.354 e. The first kappa shape index (κ1) is 31.7. The van der Waals surface area contributed by atoms with E-state index in [2.05, 4.69) is 5.32 Å². The summed E-state index contributed by atoms with van der Waals surface area (Å²) in [6, 6.07) is 16.7. The highest BCUT2D eigenvalue weighted by Gasteiger charge is 2.34.